The lowest BCUT2D eigenvalue weighted by atomic mass is 9.87. The maximum absolute atomic E-state index is 12.0. The lowest BCUT2D eigenvalue weighted by Gasteiger charge is -2.13. The molecule has 1 N–H and O–H groups in total. The molecule has 0 spiro atoms. The number of hydrogen-bond donors (Lipinski definition) is 1. The summed E-state index contributed by atoms with van der Waals surface area (Å²) in [6.45, 7) is 12.5. The van der Waals surface area contributed by atoms with Gasteiger partial charge < -0.3 is 14.5 Å². The molecule has 1 aliphatic heterocycles. The van der Waals surface area contributed by atoms with Gasteiger partial charge in [-0.05, 0) is 25.5 Å². The molecule has 1 aromatic heterocycles. The van der Waals surface area contributed by atoms with Crippen molar-refractivity contribution in [3.05, 3.63) is 77.0 Å². The number of carbonyl (C=O) groups is 1. The Kier molecular flexibility index (Phi) is 4.77. The van der Waals surface area contributed by atoms with E-state index >= 15 is 0 Å². The first-order valence-electron chi connectivity index (χ1n) is 8.85. The van der Waals surface area contributed by atoms with Crippen LogP contribution in [0.1, 0.15) is 54.4 Å². The minimum atomic E-state index is -0.333. The maximum atomic E-state index is 12.0. The third-order valence-corrected chi connectivity index (χ3v) is 4.69. The number of aromatic amines is 1. The fourth-order valence-corrected chi connectivity index (χ4v) is 3.02. The zero-order valence-corrected chi connectivity index (χ0v) is 15.8. The summed E-state index contributed by atoms with van der Waals surface area (Å²) in [5, 5.41) is 0. The van der Waals surface area contributed by atoms with E-state index in [1.807, 2.05) is 6.07 Å². The van der Waals surface area contributed by atoms with Gasteiger partial charge in [-0.3, -0.25) is 0 Å². The summed E-state index contributed by atoms with van der Waals surface area (Å²) in [6, 6.07) is 10.1. The second kappa shape index (κ2) is 6.87. The van der Waals surface area contributed by atoms with Crippen molar-refractivity contribution < 1.29 is 14.3 Å². The van der Waals surface area contributed by atoms with Gasteiger partial charge in [0.05, 0.1) is 17.9 Å². The Balaban J connectivity index is 2.09. The number of ether oxygens (including phenoxy) is 2. The molecule has 0 bridgehead atoms. The highest BCUT2D eigenvalue weighted by Crippen LogP contribution is 2.46. The van der Waals surface area contributed by atoms with Gasteiger partial charge in [0.15, 0.2) is 0 Å². The van der Waals surface area contributed by atoms with E-state index in [-0.39, 0.29) is 11.4 Å². The van der Waals surface area contributed by atoms with Gasteiger partial charge in [0.2, 0.25) is 0 Å². The molecule has 4 heteroatoms. The highest BCUT2D eigenvalue weighted by Gasteiger charge is 2.35. The number of nitrogens with one attached hydrogen (secondary N) is 1. The lowest BCUT2D eigenvalue weighted by Crippen LogP contribution is -2.06. The number of esters is 1. The molecule has 3 rings (SSSR count). The SMILES string of the molecule is C=C1O/C(=C(\c2ccc(C)cc2)c2cc(C(=O)OCC)c[nH]2)CC1(C)C. The largest absolute Gasteiger partial charge is 0.465 e. The number of hydrogen-bond acceptors (Lipinski definition) is 3. The summed E-state index contributed by atoms with van der Waals surface area (Å²) in [6.07, 6.45) is 2.43. The van der Waals surface area contributed by atoms with Crippen LogP contribution in [0.5, 0.6) is 0 Å². The predicted octanol–water partition coefficient (Wildman–Crippen LogP) is 5.22. The minimum absolute atomic E-state index is 0.123. The molecule has 0 saturated carbocycles. The topological polar surface area (TPSA) is 51.3 Å². The zero-order valence-electron chi connectivity index (χ0n) is 15.8. The quantitative estimate of drug-likeness (QED) is 0.768. The summed E-state index contributed by atoms with van der Waals surface area (Å²) in [7, 11) is 0. The zero-order chi connectivity index (χ0) is 18.9. The molecule has 0 radical (unpaired) electrons. The summed E-state index contributed by atoms with van der Waals surface area (Å²) in [4.78, 5) is 15.2. The van der Waals surface area contributed by atoms with Crippen LogP contribution in [-0.4, -0.2) is 17.6 Å². The van der Waals surface area contributed by atoms with Gasteiger partial charge in [-0.15, -0.1) is 0 Å². The van der Waals surface area contributed by atoms with E-state index in [0.717, 1.165) is 34.8 Å². The molecule has 1 aromatic carbocycles. The van der Waals surface area contributed by atoms with Crippen LogP contribution in [0.25, 0.3) is 5.57 Å². The second-order valence-electron chi connectivity index (χ2n) is 7.27. The standard InChI is InChI=1S/C22H25NO3/c1-6-25-21(24)17-11-18(23-13-17)20(16-9-7-14(2)8-10-16)19-12-22(4,5)15(3)26-19/h7-11,13,23H,3,6,12H2,1-2,4-5H3/b20-19+. The smallest absolute Gasteiger partial charge is 0.339 e. The van der Waals surface area contributed by atoms with E-state index in [2.05, 4.69) is 56.6 Å². The molecule has 26 heavy (non-hydrogen) atoms. The Morgan fingerprint density at radius 2 is 1.96 bits per heavy atom. The van der Waals surface area contributed by atoms with E-state index in [9.17, 15) is 4.79 Å². The van der Waals surface area contributed by atoms with Crippen LogP contribution in [0.4, 0.5) is 0 Å². The van der Waals surface area contributed by atoms with Gasteiger partial charge in [-0.2, -0.15) is 0 Å². The summed E-state index contributed by atoms with van der Waals surface area (Å²) in [5.41, 5.74) is 4.39. The Morgan fingerprint density at radius 1 is 1.27 bits per heavy atom. The van der Waals surface area contributed by atoms with Crippen molar-refractivity contribution in [2.24, 2.45) is 5.41 Å². The van der Waals surface area contributed by atoms with Crippen LogP contribution in [0.3, 0.4) is 0 Å². The molecular weight excluding hydrogens is 326 g/mol. The third kappa shape index (κ3) is 3.45. The van der Waals surface area contributed by atoms with Crippen molar-refractivity contribution in [3.8, 4) is 0 Å². The molecule has 0 aliphatic carbocycles. The molecule has 2 heterocycles. The van der Waals surface area contributed by atoms with Crippen molar-refractivity contribution in [3.63, 3.8) is 0 Å². The third-order valence-electron chi connectivity index (χ3n) is 4.69. The maximum Gasteiger partial charge on any atom is 0.339 e. The number of carbonyl (C=O) groups excluding carboxylic acids is 1. The molecule has 1 fully saturated rings. The van der Waals surface area contributed by atoms with Gasteiger partial charge in [0.25, 0.3) is 0 Å². The van der Waals surface area contributed by atoms with Crippen molar-refractivity contribution in [2.75, 3.05) is 6.61 Å². The molecule has 2 aromatic rings. The molecule has 1 saturated heterocycles. The average Bonchev–Trinajstić information content (AvgIpc) is 3.15. The van der Waals surface area contributed by atoms with Crippen molar-refractivity contribution in [2.45, 2.75) is 34.1 Å². The van der Waals surface area contributed by atoms with E-state index in [1.165, 1.54) is 5.56 Å². The Hall–Kier alpha value is -2.75. The second-order valence-corrected chi connectivity index (χ2v) is 7.27. The van der Waals surface area contributed by atoms with Crippen LogP contribution in [-0.2, 0) is 9.47 Å². The van der Waals surface area contributed by atoms with Crippen molar-refractivity contribution in [1.29, 1.82) is 0 Å². The number of aryl methyl sites for hydroxylation is 1. The van der Waals surface area contributed by atoms with E-state index in [0.29, 0.717) is 12.2 Å². The molecule has 0 unspecified atom stereocenters. The normalized spacial score (nSPS) is 17.8. The minimum Gasteiger partial charge on any atom is -0.465 e. The Morgan fingerprint density at radius 3 is 2.54 bits per heavy atom. The van der Waals surface area contributed by atoms with Crippen LogP contribution in [0, 0.1) is 12.3 Å². The van der Waals surface area contributed by atoms with E-state index in [4.69, 9.17) is 9.47 Å². The van der Waals surface area contributed by atoms with Crippen molar-refractivity contribution in [1.82, 2.24) is 4.98 Å². The van der Waals surface area contributed by atoms with Gasteiger partial charge in [0, 0.05) is 23.6 Å². The molecule has 136 valence electrons. The number of rotatable bonds is 4. The first-order chi connectivity index (χ1) is 12.3. The van der Waals surface area contributed by atoms with Gasteiger partial charge >= 0.3 is 5.97 Å². The van der Waals surface area contributed by atoms with E-state index in [1.54, 1.807) is 13.1 Å². The summed E-state index contributed by atoms with van der Waals surface area (Å²) in [5.74, 6) is 1.29. The first kappa shape index (κ1) is 18.1. The monoisotopic (exact) mass is 351 g/mol. The molecular formula is C22H25NO3. The van der Waals surface area contributed by atoms with E-state index < -0.39 is 0 Å². The molecule has 0 amide bonds. The number of H-pyrrole nitrogens is 1. The summed E-state index contributed by atoms with van der Waals surface area (Å²) < 4.78 is 11.1. The fourth-order valence-electron chi connectivity index (χ4n) is 3.02. The average molecular weight is 351 g/mol. The predicted molar refractivity (Wildman–Crippen MR) is 103 cm³/mol. The highest BCUT2D eigenvalue weighted by atomic mass is 16.5. The first-order valence-corrected chi connectivity index (χ1v) is 8.85. The summed E-state index contributed by atoms with van der Waals surface area (Å²) >= 11 is 0. The number of aromatic nitrogens is 1. The Bertz CT molecular complexity index is 869. The Labute approximate surface area is 154 Å². The van der Waals surface area contributed by atoms with Gasteiger partial charge in [-0.1, -0.05) is 50.3 Å². The van der Waals surface area contributed by atoms with Crippen LogP contribution in [0.2, 0.25) is 0 Å². The van der Waals surface area contributed by atoms with Crippen LogP contribution < -0.4 is 0 Å². The van der Waals surface area contributed by atoms with Crippen LogP contribution >= 0.6 is 0 Å². The van der Waals surface area contributed by atoms with Crippen molar-refractivity contribution >= 4 is 11.5 Å². The highest BCUT2D eigenvalue weighted by molar-refractivity contribution is 5.91. The molecule has 4 nitrogen and oxygen atoms in total. The number of benzene rings is 1. The number of allylic oxidation sites excluding steroid dienone is 2. The fraction of sp³-hybridized carbons (Fsp3) is 0.318. The lowest BCUT2D eigenvalue weighted by molar-refractivity contribution is 0.0526. The van der Waals surface area contributed by atoms with Gasteiger partial charge in [0.1, 0.15) is 11.5 Å². The van der Waals surface area contributed by atoms with Crippen LogP contribution in [0.15, 0.2) is 54.6 Å². The molecule has 0 atom stereocenters. The van der Waals surface area contributed by atoms with Gasteiger partial charge in [-0.25, -0.2) is 4.79 Å². The molecule has 1 aliphatic rings.